The summed E-state index contributed by atoms with van der Waals surface area (Å²) in [6, 6.07) is 4.64. The zero-order valence-corrected chi connectivity index (χ0v) is 13.0. The number of benzene rings is 1. The maximum absolute atomic E-state index is 14.0. The topological polar surface area (TPSA) is 61.9 Å². The van der Waals surface area contributed by atoms with Crippen LogP contribution in [0.3, 0.4) is 0 Å². The van der Waals surface area contributed by atoms with Gasteiger partial charge in [-0.1, -0.05) is 6.07 Å². The lowest BCUT2D eigenvalue weighted by Crippen LogP contribution is -2.51. The Morgan fingerprint density at radius 2 is 2.04 bits per heavy atom. The average molecular weight is 321 g/mol. The maximum Gasteiger partial charge on any atom is 0.246 e. The quantitative estimate of drug-likeness (QED) is 0.839. The van der Waals surface area contributed by atoms with E-state index in [0.717, 1.165) is 5.56 Å². The third-order valence-corrected chi connectivity index (χ3v) is 4.19. The number of amides is 2. The van der Waals surface area contributed by atoms with Gasteiger partial charge in [-0.2, -0.15) is 0 Å². The highest BCUT2D eigenvalue weighted by Gasteiger charge is 2.39. The van der Waals surface area contributed by atoms with E-state index in [1.54, 1.807) is 17.1 Å². The summed E-state index contributed by atoms with van der Waals surface area (Å²) in [6.07, 6.45) is 0.391. The number of halogens is 1. The van der Waals surface area contributed by atoms with Crippen molar-refractivity contribution in [2.24, 2.45) is 5.92 Å². The molecule has 1 unspecified atom stereocenters. The molecule has 1 N–H and O–H groups in total. The molecule has 1 aromatic carbocycles. The number of hydrazine groups is 1. The SMILES string of the molecule is Cc1ccc(F)c(N2CCC(C(=O)NN3CCOCC3)C2=O)c1. The average Bonchev–Trinajstić information content (AvgIpc) is 2.92. The van der Waals surface area contributed by atoms with Gasteiger partial charge in [-0.05, 0) is 31.0 Å². The number of nitrogens with zero attached hydrogens (tertiary/aromatic N) is 2. The highest BCUT2D eigenvalue weighted by Crippen LogP contribution is 2.28. The Labute approximate surface area is 134 Å². The molecule has 2 amide bonds. The summed E-state index contributed by atoms with van der Waals surface area (Å²) < 4.78 is 19.2. The second-order valence-electron chi connectivity index (χ2n) is 5.86. The van der Waals surface area contributed by atoms with Crippen molar-refractivity contribution in [1.29, 1.82) is 0 Å². The van der Waals surface area contributed by atoms with Gasteiger partial charge in [0.05, 0.1) is 18.9 Å². The molecule has 0 aromatic heterocycles. The lowest BCUT2D eigenvalue weighted by molar-refractivity contribution is -0.137. The molecule has 0 bridgehead atoms. The van der Waals surface area contributed by atoms with Crippen LogP contribution in [0.5, 0.6) is 0 Å². The number of hydrogen-bond donors (Lipinski definition) is 1. The van der Waals surface area contributed by atoms with Crippen LogP contribution >= 0.6 is 0 Å². The molecule has 2 fully saturated rings. The van der Waals surface area contributed by atoms with Gasteiger partial charge >= 0.3 is 0 Å². The monoisotopic (exact) mass is 321 g/mol. The standard InChI is InChI=1S/C16H20FN3O3/c1-11-2-3-13(17)14(10-11)20-5-4-12(16(20)22)15(21)18-19-6-8-23-9-7-19/h2-3,10,12H,4-9H2,1H3,(H,18,21). The van der Waals surface area contributed by atoms with E-state index in [-0.39, 0.29) is 17.5 Å². The first-order valence-electron chi connectivity index (χ1n) is 7.77. The summed E-state index contributed by atoms with van der Waals surface area (Å²) in [5.74, 6) is -1.89. The summed E-state index contributed by atoms with van der Waals surface area (Å²) in [5.41, 5.74) is 3.88. The van der Waals surface area contributed by atoms with E-state index in [4.69, 9.17) is 4.74 Å². The maximum atomic E-state index is 14.0. The highest BCUT2D eigenvalue weighted by molar-refractivity contribution is 6.09. The van der Waals surface area contributed by atoms with Crippen molar-refractivity contribution in [3.05, 3.63) is 29.6 Å². The van der Waals surface area contributed by atoms with Crippen LogP contribution < -0.4 is 10.3 Å². The minimum Gasteiger partial charge on any atom is -0.379 e. The summed E-state index contributed by atoms with van der Waals surface area (Å²) in [6.45, 7) is 4.50. The molecule has 2 saturated heterocycles. The number of anilines is 1. The van der Waals surface area contributed by atoms with E-state index in [1.165, 1.54) is 11.0 Å². The number of ether oxygens (including phenoxy) is 1. The van der Waals surface area contributed by atoms with Gasteiger partial charge in [0.2, 0.25) is 11.8 Å². The minimum atomic E-state index is -0.766. The molecule has 2 heterocycles. The van der Waals surface area contributed by atoms with E-state index in [2.05, 4.69) is 5.43 Å². The van der Waals surface area contributed by atoms with Gasteiger partial charge in [-0.15, -0.1) is 0 Å². The predicted molar refractivity (Wildman–Crippen MR) is 82.1 cm³/mol. The molecule has 23 heavy (non-hydrogen) atoms. The van der Waals surface area contributed by atoms with Gasteiger partial charge in [0.15, 0.2) is 0 Å². The summed E-state index contributed by atoms with van der Waals surface area (Å²) in [7, 11) is 0. The normalized spacial score (nSPS) is 22.4. The van der Waals surface area contributed by atoms with E-state index in [9.17, 15) is 14.0 Å². The third kappa shape index (κ3) is 3.35. The second-order valence-corrected chi connectivity index (χ2v) is 5.86. The van der Waals surface area contributed by atoms with Crippen LogP contribution in [0.25, 0.3) is 0 Å². The fourth-order valence-corrected chi connectivity index (χ4v) is 2.90. The van der Waals surface area contributed by atoms with Gasteiger partial charge in [0, 0.05) is 19.6 Å². The number of morpholine rings is 1. The van der Waals surface area contributed by atoms with Crippen molar-refractivity contribution in [1.82, 2.24) is 10.4 Å². The molecule has 0 saturated carbocycles. The first-order valence-corrected chi connectivity index (χ1v) is 7.77. The van der Waals surface area contributed by atoms with E-state index < -0.39 is 11.7 Å². The number of carbonyl (C=O) groups excluding carboxylic acids is 2. The van der Waals surface area contributed by atoms with Crippen molar-refractivity contribution < 1.29 is 18.7 Å². The molecule has 0 aliphatic carbocycles. The number of aryl methyl sites for hydroxylation is 1. The zero-order chi connectivity index (χ0) is 16.4. The Hall–Kier alpha value is -1.99. The Bertz CT molecular complexity index is 617. The highest BCUT2D eigenvalue weighted by atomic mass is 19.1. The van der Waals surface area contributed by atoms with Gasteiger partial charge < -0.3 is 9.64 Å². The number of carbonyl (C=O) groups is 2. The molecule has 3 rings (SSSR count). The number of hydrogen-bond acceptors (Lipinski definition) is 4. The van der Waals surface area contributed by atoms with E-state index in [1.807, 2.05) is 6.92 Å². The Balaban J connectivity index is 1.68. The van der Waals surface area contributed by atoms with E-state index in [0.29, 0.717) is 39.3 Å². The fourth-order valence-electron chi connectivity index (χ4n) is 2.90. The predicted octanol–water partition coefficient (Wildman–Crippen LogP) is 0.850. The zero-order valence-electron chi connectivity index (χ0n) is 13.0. The van der Waals surface area contributed by atoms with Crippen molar-refractivity contribution >= 4 is 17.5 Å². The van der Waals surface area contributed by atoms with Crippen LogP contribution in [0, 0.1) is 18.7 Å². The molecule has 2 aliphatic heterocycles. The molecule has 0 radical (unpaired) electrons. The summed E-state index contributed by atoms with van der Waals surface area (Å²) in [5, 5.41) is 1.76. The van der Waals surface area contributed by atoms with Crippen LogP contribution in [-0.2, 0) is 14.3 Å². The Kier molecular flexibility index (Phi) is 4.58. The van der Waals surface area contributed by atoms with Crippen molar-refractivity contribution in [3.63, 3.8) is 0 Å². The van der Waals surface area contributed by atoms with Gasteiger partial charge in [0.1, 0.15) is 11.7 Å². The Morgan fingerprint density at radius 1 is 1.30 bits per heavy atom. The number of nitrogens with one attached hydrogen (secondary N) is 1. The fraction of sp³-hybridized carbons (Fsp3) is 0.500. The largest absolute Gasteiger partial charge is 0.379 e. The van der Waals surface area contributed by atoms with E-state index >= 15 is 0 Å². The van der Waals surface area contributed by atoms with Crippen LogP contribution in [0.1, 0.15) is 12.0 Å². The summed E-state index contributed by atoms with van der Waals surface area (Å²) >= 11 is 0. The van der Waals surface area contributed by atoms with Crippen molar-refractivity contribution in [2.45, 2.75) is 13.3 Å². The van der Waals surface area contributed by atoms with Crippen molar-refractivity contribution in [2.75, 3.05) is 37.7 Å². The lowest BCUT2D eigenvalue weighted by atomic mass is 10.1. The van der Waals surface area contributed by atoms with Gasteiger partial charge in [0.25, 0.3) is 0 Å². The molecule has 1 aromatic rings. The molecule has 2 aliphatic rings. The van der Waals surface area contributed by atoms with Crippen LogP contribution in [0.2, 0.25) is 0 Å². The van der Waals surface area contributed by atoms with Crippen molar-refractivity contribution in [3.8, 4) is 0 Å². The lowest BCUT2D eigenvalue weighted by Gasteiger charge is -2.27. The Morgan fingerprint density at radius 3 is 2.78 bits per heavy atom. The van der Waals surface area contributed by atoms with Gasteiger partial charge in [-0.25, -0.2) is 9.40 Å². The molecule has 6 nitrogen and oxygen atoms in total. The molecule has 1 atom stereocenters. The van der Waals surface area contributed by atoms with Crippen LogP contribution in [-0.4, -0.2) is 49.7 Å². The minimum absolute atomic E-state index is 0.247. The molecular weight excluding hydrogens is 301 g/mol. The number of rotatable bonds is 3. The molecule has 124 valence electrons. The molecule has 7 heteroatoms. The third-order valence-electron chi connectivity index (χ3n) is 4.19. The molecule has 0 spiro atoms. The second kappa shape index (κ2) is 6.64. The van der Waals surface area contributed by atoms with Gasteiger partial charge in [-0.3, -0.25) is 15.0 Å². The van der Waals surface area contributed by atoms with Crippen LogP contribution in [0.4, 0.5) is 10.1 Å². The summed E-state index contributed by atoms with van der Waals surface area (Å²) in [4.78, 5) is 26.2. The smallest absolute Gasteiger partial charge is 0.246 e. The van der Waals surface area contributed by atoms with Crippen LogP contribution in [0.15, 0.2) is 18.2 Å². The first kappa shape index (κ1) is 15.9. The first-order chi connectivity index (χ1) is 11.1. The molecular formula is C16H20FN3O3.